The molecule has 1 N–H and O–H groups in total. The summed E-state index contributed by atoms with van der Waals surface area (Å²) in [6, 6.07) is 1.44. The summed E-state index contributed by atoms with van der Waals surface area (Å²) in [5.41, 5.74) is 0.0689. The van der Waals surface area contributed by atoms with Gasteiger partial charge in [-0.15, -0.1) is 0 Å². The Morgan fingerprint density at radius 1 is 1.35 bits per heavy atom. The van der Waals surface area contributed by atoms with Crippen molar-refractivity contribution in [2.75, 3.05) is 26.2 Å². The van der Waals surface area contributed by atoms with Crippen molar-refractivity contribution in [3.63, 3.8) is 0 Å². The summed E-state index contributed by atoms with van der Waals surface area (Å²) in [5.74, 6) is 0. The summed E-state index contributed by atoms with van der Waals surface area (Å²) < 4.78 is 5.82. The maximum Gasteiger partial charge on any atom is 0.0641 e. The van der Waals surface area contributed by atoms with Crippen LogP contribution in [0.1, 0.15) is 46.5 Å². The Bertz CT molecular complexity index is 236. The summed E-state index contributed by atoms with van der Waals surface area (Å²) >= 11 is 0. The van der Waals surface area contributed by atoms with Crippen LogP contribution in [0.15, 0.2) is 0 Å². The number of nitrogens with one attached hydrogen (secondary N) is 1. The molecule has 0 aromatic carbocycles. The average molecular weight is 240 g/mol. The second kappa shape index (κ2) is 5.68. The van der Waals surface area contributed by atoms with Crippen molar-refractivity contribution in [1.29, 1.82) is 0 Å². The Hall–Kier alpha value is -0.120. The molecule has 3 heteroatoms. The van der Waals surface area contributed by atoms with E-state index in [9.17, 15) is 0 Å². The number of nitrogens with zero attached hydrogens (tertiary/aromatic N) is 1. The van der Waals surface area contributed by atoms with Crippen LogP contribution in [-0.4, -0.2) is 48.8 Å². The first kappa shape index (κ1) is 13.3. The molecule has 0 saturated carbocycles. The summed E-state index contributed by atoms with van der Waals surface area (Å²) in [6.07, 6.45) is 5.07. The molecule has 100 valence electrons. The smallest absolute Gasteiger partial charge is 0.0641 e. The molecule has 0 bridgehead atoms. The monoisotopic (exact) mass is 240 g/mol. The lowest BCUT2D eigenvalue weighted by Gasteiger charge is -2.41. The van der Waals surface area contributed by atoms with E-state index in [4.69, 9.17) is 4.74 Å². The van der Waals surface area contributed by atoms with Gasteiger partial charge < -0.3 is 10.1 Å². The summed E-state index contributed by atoms with van der Waals surface area (Å²) in [7, 11) is 0. The lowest BCUT2D eigenvalue weighted by molar-refractivity contribution is -0.0833. The van der Waals surface area contributed by atoms with Gasteiger partial charge in [0.2, 0.25) is 0 Å². The SMILES string of the molecule is CCN(CC1CCCN1)C1CCOC(C)(C)C1. The fraction of sp³-hybridized carbons (Fsp3) is 1.00. The third-order valence-electron chi connectivity index (χ3n) is 4.21. The topological polar surface area (TPSA) is 24.5 Å². The number of ether oxygens (including phenoxy) is 1. The van der Waals surface area contributed by atoms with Crippen LogP contribution in [0, 0.1) is 0 Å². The molecular formula is C14H28N2O. The maximum atomic E-state index is 5.82. The van der Waals surface area contributed by atoms with Gasteiger partial charge in [0, 0.05) is 25.2 Å². The molecule has 2 heterocycles. The molecule has 2 unspecified atom stereocenters. The van der Waals surface area contributed by atoms with Gasteiger partial charge >= 0.3 is 0 Å². The van der Waals surface area contributed by atoms with Gasteiger partial charge in [0.15, 0.2) is 0 Å². The highest BCUT2D eigenvalue weighted by atomic mass is 16.5. The number of rotatable bonds is 4. The van der Waals surface area contributed by atoms with E-state index < -0.39 is 0 Å². The van der Waals surface area contributed by atoms with Gasteiger partial charge in [0.25, 0.3) is 0 Å². The van der Waals surface area contributed by atoms with E-state index in [0.29, 0.717) is 6.04 Å². The van der Waals surface area contributed by atoms with Gasteiger partial charge in [-0.25, -0.2) is 0 Å². The predicted octanol–water partition coefficient (Wildman–Crippen LogP) is 2.02. The van der Waals surface area contributed by atoms with Crippen LogP contribution in [0.5, 0.6) is 0 Å². The second-order valence-electron chi connectivity index (χ2n) is 6.14. The van der Waals surface area contributed by atoms with Gasteiger partial charge in [-0.2, -0.15) is 0 Å². The van der Waals surface area contributed by atoms with Crippen LogP contribution >= 0.6 is 0 Å². The molecule has 2 saturated heterocycles. The highest BCUT2D eigenvalue weighted by Gasteiger charge is 2.32. The molecule has 2 atom stereocenters. The standard InChI is InChI=1S/C14H28N2O/c1-4-16(11-12-6-5-8-15-12)13-7-9-17-14(2,3)10-13/h12-13,15H,4-11H2,1-3H3. The highest BCUT2D eigenvalue weighted by molar-refractivity contribution is 4.87. The highest BCUT2D eigenvalue weighted by Crippen LogP contribution is 2.27. The van der Waals surface area contributed by atoms with Crippen LogP contribution < -0.4 is 5.32 Å². The molecule has 0 spiro atoms. The van der Waals surface area contributed by atoms with E-state index in [1.54, 1.807) is 0 Å². The van der Waals surface area contributed by atoms with Crippen LogP contribution in [-0.2, 0) is 4.74 Å². The summed E-state index contributed by atoms with van der Waals surface area (Å²) in [4.78, 5) is 2.66. The molecule has 0 radical (unpaired) electrons. The van der Waals surface area contributed by atoms with Crippen LogP contribution in [0.4, 0.5) is 0 Å². The maximum absolute atomic E-state index is 5.82. The minimum atomic E-state index is 0.0689. The third kappa shape index (κ3) is 3.67. The van der Waals surface area contributed by atoms with E-state index in [1.165, 1.54) is 45.3 Å². The molecule has 2 rings (SSSR count). The fourth-order valence-electron chi connectivity index (χ4n) is 3.24. The van der Waals surface area contributed by atoms with Crippen molar-refractivity contribution < 1.29 is 4.74 Å². The molecule has 3 nitrogen and oxygen atoms in total. The lowest BCUT2D eigenvalue weighted by Crippen LogP contribution is -2.49. The van der Waals surface area contributed by atoms with Gasteiger partial charge in [-0.05, 0) is 52.6 Å². The minimum absolute atomic E-state index is 0.0689. The second-order valence-corrected chi connectivity index (χ2v) is 6.14. The zero-order chi connectivity index (χ0) is 12.3. The Kier molecular flexibility index (Phi) is 4.45. The van der Waals surface area contributed by atoms with Gasteiger partial charge in [-0.3, -0.25) is 4.90 Å². The first-order valence-electron chi connectivity index (χ1n) is 7.22. The molecule has 0 aliphatic carbocycles. The average Bonchev–Trinajstić information content (AvgIpc) is 2.77. The van der Waals surface area contributed by atoms with Crippen molar-refractivity contribution in [3.8, 4) is 0 Å². The molecular weight excluding hydrogens is 212 g/mol. The van der Waals surface area contributed by atoms with Crippen molar-refractivity contribution in [2.45, 2.75) is 64.1 Å². The lowest BCUT2D eigenvalue weighted by atomic mass is 9.92. The third-order valence-corrected chi connectivity index (χ3v) is 4.21. The van der Waals surface area contributed by atoms with E-state index in [2.05, 4.69) is 31.0 Å². The Labute approximate surface area is 106 Å². The molecule has 0 amide bonds. The number of likely N-dealkylation sites (N-methyl/N-ethyl adjacent to an activating group) is 1. The first-order valence-corrected chi connectivity index (χ1v) is 7.22. The van der Waals surface area contributed by atoms with Crippen LogP contribution in [0.2, 0.25) is 0 Å². The van der Waals surface area contributed by atoms with E-state index in [-0.39, 0.29) is 5.60 Å². The normalized spacial score (nSPS) is 33.2. The minimum Gasteiger partial charge on any atom is -0.375 e. The predicted molar refractivity (Wildman–Crippen MR) is 71.3 cm³/mol. The van der Waals surface area contributed by atoms with Crippen molar-refractivity contribution in [3.05, 3.63) is 0 Å². The zero-order valence-electron chi connectivity index (χ0n) is 11.7. The van der Waals surface area contributed by atoms with E-state index in [0.717, 1.165) is 12.6 Å². The Morgan fingerprint density at radius 3 is 2.76 bits per heavy atom. The number of hydrogen-bond donors (Lipinski definition) is 1. The van der Waals surface area contributed by atoms with Crippen LogP contribution in [0.3, 0.4) is 0 Å². The van der Waals surface area contributed by atoms with Crippen molar-refractivity contribution in [1.82, 2.24) is 10.2 Å². The number of hydrogen-bond acceptors (Lipinski definition) is 3. The molecule has 0 aromatic rings. The molecule has 2 fully saturated rings. The van der Waals surface area contributed by atoms with Gasteiger partial charge in [0.1, 0.15) is 0 Å². The molecule has 2 aliphatic heterocycles. The van der Waals surface area contributed by atoms with Gasteiger partial charge in [0.05, 0.1) is 5.60 Å². The quantitative estimate of drug-likeness (QED) is 0.813. The molecule has 2 aliphatic rings. The fourth-order valence-corrected chi connectivity index (χ4v) is 3.24. The van der Waals surface area contributed by atoms with Crippen molar-refractivity contribution in [2.24, 2.45) is 0 Å². The molecule has 0 aromatic heterocycles. The summed E-state index contributed by atoms with van der Waals surface area (Å²) in [6.45, 7) is 11.3. The van der Waals surface area contributed by atoms with E-state index >= 15 is 0 Å². The first-order chi connectivity index (χ1) is 8.11. The van der Waals surface area contributed by atoms with E-state index in [1.807, 2.05) is 0 Å². The Morgan fingerprint density at radius 2 is 2.18 bits per heavy atom. The van der Waals surface area contributed by atoms with Gasteiger partial charge in [-0.1, -0.05) is 6.92 Å². The summed E-state index contributed by atoms with van der Waals surface area (Å²) in [5, 5.41) is 3.61. The van der Waals surface area contributed by atoms with Crippen LogP contribution in [0.25, 0.3) is 0 Å². The zero-order valence-corrected chi connectivity index (χ0v) is 11.7. The van der Waals surface area contributed by atoms with Crippen molar-refractivity contribution >= 4 is 0 Å². The Balaban J connectivity index is 1.88. The molecule has 17 heavy (non-hydrogen) atoms. The largest absolute Gasteiger partial charge is 0.375 e.